The quantitative estimate of drug-likeness (QED) is 0.428. The van der Waals surface area contributed by atoms with Gasteiger partial charge in [0.15, 0.2) is 0 Å². The molecule has 0 atom stereocenters. The Morgan fingerprint density at radius 1 is 0.833 bits per heavy atom. The van der Waals surface area contributed by atoms with Crippen LogP contribution in [-0.4, -0.2) is 22.9 Å². The third-order valence-corrected chi connectivity index (χ3v) is 5.65. The molecule has 0 amide bonds. The minimum Gasteiger partial charge on any atom is -0.370 e. The van der Waals surface area contributed by atoms with Crippen LogP contribution in [0.5, 0.6) is 0 Å². The average Bonchev–Trinajstić information content (AvgIpc) is 3.38. The summed E-state index contributed by atoms with van der Waals surface area (Å²) in [5.74, 6) is -1.55. The summed E-state index contributed by atoms with van der Waals surface area (Å²) in [6.07, 6.45) is 2.28. The van der Waals surface area contributed by atoms with Gasteiger partial charge in [0.2, 0.25) is 0 Å². The zero-order chi connectivity index (χ0) is 20.7. The van der Waals surface area contributed by atoms with Crippen molar-refractivity contribution in [3.8, 4) is 11.3 Å². The molecule has 0 aliphatic carbocycles. The summed E-state index contributed by atoms with van der Waals surface area (Å²) in [6, 6.07) is 15.8. The van der Waals surface area contributed by atoms with Gasteiger partial charge in [0.05, 0.1) is 17.9 Å². The maximum absolute atomic E-state index is 14.4. The summed E-state index contributed by atoms with van der Waals surface area (Å²) < 4.78 is 43.0. The van der Waals surface area contributed by atoms with E-state index in [0.29, 0.717) is 5.56 Å². The number of anilines is 1. The van der Waals surface area contributed by atoms with Crippen molar-refractivity contribution in [3.05, 3.63) is 83.7 Å². The Morgan fingerprint density at radius 2 is 1.57 bits per heavy atom. The predicted octanol–water partition coefficient (Wildman–Crippen LogP) is 5.77. The predicted molar refractivity (Wildman–Crippen MR) is 112 cm³/mol. The lowest BCUT2D eigenvalue weighted by molar-refractivity contribution is 0.560. The Kier molecular flexibility index (Phi) is 4.69. The Bertz CT molecular complexity index is 1210. The lowest BCUT2D eigenvalue weighted by Crippen LogP contribution is -2.17. The van der Waals surface area contributed by atoms with Crippen LogP contribution in [0.25, 0.3) is 22.2 Å². The average molecular weight is 407 g/mol. The van der Waals surface area contributed by atoms with Crippen molar-refractivity contribution in [2.75, 3.05) is 18.0 Å². The molecule has 1 aliphatic heterocycles. The molecule has 4 aromatic rings. The van der Waals surface area contributed by atoms with E-state index < -0.39 is 11.6 Å². The van der Waals surface area contributed by atoms with Crippen LogP contribution < -0.4 is 4.90 Å². The number of benzene rings is 3. The molecular formula is C24H20F3N3. The third-order valence-electron chi connectivity index (χ3n) is 5.65. The lowest BCUT2D eigenvalue weighted by atomic mass is 10.1. The van der Waals surface area contributed by atoms with Gasteiger partial charge in [-0.25, -0.2) is 13.2 Å². The minimum absolute atomic E-state index is 0.146. The number of rotatable bonds is 4. The highest BCUT2D eigenvalue weighted by molar-refractivity contribution is 6.00. The van der Waals surface area contributed by atoms with Crippen LogP contribution in [0.15, 0.2) is 60.7 Å². The highest BCUT2D eigenvalue weighted by atomic mass is 19.1. The number of fused-ring (bicyclic) bond motifs is 1. The van der Waals surface area contributed by atoms with E-state index in [9.17, 15) is 13.2 Å². The lowest BCUT2D eigenvalue weighted by Gasteiger charge is -2.17. The Morgan fingerprint density at radius 3 is 2.30 bits per heavy atom. The Hall–Kier alpha value is -3.28. The van der Waals surface area contributed by atoms with Crippen molar-refractivity contribution >= 4 is 16.6 Å². The molecule has 5 rings (SSSR count). The molecule has 152 valence electrons. The van der Waals surface area contributed by atoms with Crippen molar-refractivity contribution in [3.63, 3.8) is 0 Å². The fourth-order valence-electron chi connectivity index (χ4n) is 4.19. The third kappa shape index (κ3) is 3.32. The number of halogens is 3. The molecule has 3 nitrogen and oxygen atoms in total. The Labute approximate surface area is 172 Å². The van der Waals surface area contributed by atoms with E-state index in [0.717, 1.165) is 59.8 Å². The van der Waals surface area contributed by atoms with Gasteiger partial charge in [-0.05, 0) is 49.2 Å². The maximum atomic E-state index is 14.4. The molecular weight excluding hydrogens is 387 g/mol. The molecule has 1 saturated heterocycles. The van der Waals surface area contributed by atoms with Crippen LogP contribution in [0.4, 0.5) is 18.9 Å². The number of nitrogens with zero attached hydrogens (tertiary/aromatic N) is 3. The molecule has 1 fully saturated rings. The van der Waals surface area contributed by atoms with E-state index >= 15 is 0 Å². The second-order valence-corrected chi connectivity index (χ2v) is 7.62. The van der Waals surface area contributed by atoms with Gasteiger partial charge in [0.25, 0.3) is 0 Å². The SMILES string of the molecule is Fc1ccc(-c2c3cccc(N4CCCC4)c3nn2Cc2ccc(F)cc2F)cc1. The summed E-state index contributed by atoms with van der Waals surface area (Å²) in [4.78, 5) is 2.31. The highest BCUT2D eigenvalue weighted by Crippen LogP contribution is 2.35. The summed E-state index contributed by atoms with van der Waals surface area (Å²) >= 11 is 0. The molecule has 2 heterocycles. The second kappa shape index (κ2) is 7.52. The van der Waals surface area contributed by atoms with E-state index in [1.807, 2.05) is 12.1 Å². The first-order chi connectivity index (χ1) is 14.6. The first kappa shape index (κ1) is 18.7. The van der Waals surface area contributed by atoms with Crippen LogP contribution in [0.1, 0.15) is 18.4 Å². The molecule has 0 radical (unpaired) electrons. The van der Waals surface area contributed by atoms with Crippen molar-refractivity contribution < 1.29 is 13.2 Å². The van der Waals surface area contributed by atoms with E-state index in [2.05, 4.69) is 11.0 Å². The van der Waals surface area contributed by atoms with Crippen LogP contribution in [0.2, 0.25) is 0 Å². The molecule has 6 heteroatoms. The molecule has 3 aromatic carbocycles. The van der Waals surface area contributed by atoms with E-state index in [4.69, 9.17) is 5.10 Å². The maximum Gasteiger partial charge on any atom is 0.131 e. The largest absolute Gasteiger partial charge is 0.370 e. The van der Waals surface area contributed by atoms with E-state index in [1.165, 1.54) is 24.3 Å². The Balaban J connectivity index is 1.70. The van der Waals surface area contributed by atoms with E-state index in [1.54, 1.807) is 16.8 Å². The van der Waals surface area contributed by atoms with Gasteiger partial charge >= 0.3 is 0 Å². The molecule has 0 unspecified atom stereocenters. The summed E-state index contributed by atoms with van der Waals surface area (Å²) in [5.41, 5.74) is 3.80. The van der Waals surface area contributed by atoms with E-state index in [-0.39, 0.29) is 12.4 Å². The van der Waals surface area contributed by atoms with Gasteiger partial charge in [-0.15, -0.1) is 0 Å². The van der Waals surface area contributed by atoms with Gasteiger partial charge in [0, 0.05) is 35.7 Å². The van der Waals surface area contributed by atoms with Gasteiger partial charge in [-0.2, -0.15) is 5.10 Å². The van der Waals surface area contributed by atoms with Crippen molar-refractivity contribution in [1.82, 2.24) is 9.78 Å². The molecule has 1 aromatic heterocycles. The van der Waals surface area contributed by atoms with Crippen molar-refractivity contribution in [2.45, 2.75) is 19.4 Å². The molecule has 0 saturated carbocycles. The van der Waals surface area contributed by atoms with Gasteiger partial charge in [0.1, 0.15) is 23.0 Å². The van der Waals surface area contributed by atoms with Crippen LogP contribution in [-0.2, 0) is 6.54 Å². The monoisotopic (exact) mass is 407 g/mol. The first-order valence-electron chi connectivity index (χ1n) is 10.0. The number of hydrogen-bond acceptors (Lipinski definition) is 2. The molecule has 0 N–H and O–H groups in total. The minimum atomic E-state index is -0.614. The van der Waals surface area contributed by atoms with Gasteiger partial charge in [-0.1, -0.05) is 18.2 Å². The smallest absolute Gasteiger partial charge is 0.131 e. The summed E-state index contributed by atoms with van der Waals surface area (Å²) in [5, 5.41) is 5.76. The molecule has 0 bridgehead atoms. The standard InChI is InChI=1S/C24H20F3N3/c25-18-9-6-16(7-10-18)24-20-4-3-5-22(29-12-1-2-13-29)23(20)28-30(24)15-17-8-11-19(26)14-21(17)27/h3-11,14H,1-2,12-13,15H2. The zero-order valence-electron chi connectivity index (χ0n) is 16.3. The number of aromatic nitrogens is 2. The summed E-state index contributed by atoms with van der Waals surface area (Å²) in [7, 11) is 0. The molecule has 1 aliphatic rings. The zero-order valence-corrected chi connectivity index (χ0v) is 16.3. The van der Waals surface area contributed by atoms with Crippen molar-refractivity contribution in [1.29, 1.82) is 0 Å². The topological polar surface area (TPSA) is 21.1 Å². The highest BCUT2D eigenvalue weighted by Gasteiger charge is 2.21. The van der Waals surface area contributed by atoms with Gasteiger partial charge in [-0.3, -0.25) is 4.68 Å². The fraction of sp³-hybridized carbons (Fsp3) is 0.208. The summed E-state index contributed by atoms with van der Waals surface area (Å²) in [6.45, 7) is 2.10. The van der Waals surface area contributed by atoms with Crippen LogP contribution in [0.3, 0.4) is 0 Å². The normalized spacial score (nSPS) is 14.0. The first-order valence-corrected chi connectivity index (χ1v) is 10.0. The van der Waals surface area contributed by atoms with Gasteiger partial charge < -0.3 is 4.90 Å². The molecule has 0 spiro atoms. The van der Waals surface area contributed by atoms with Crippen LogP contribution in [0, 0.1) is 17.5 Å². The van der Waals surface area contributed by atoms with Crippen LogP contribution >= 0.6 is 0 Å². The molecule has 30 heavy (non-hydrogen) atoms. The number of hydrogen-bond donors (Lipinski definition) is 0. The van der Waals surface area contributed by atoms with Crippen molar-refractivity contribution in [2.24, 2.45) is 0 Å². The fourth-order valence-corrected chi connectivity index (χ4v) is 4.19. The second-order valence-electron chi connectivity index (χ2n) is 7.62.